The Labute approximate surface area is 180 Å². The Hall–Kier alpha value is -2.80. The van der Waals surface area contributed by atoms with E-state index in [1.165, 1.54) is 11.3 Å². The zero-order chi connectivity index (χ0) is 21.5. The lowest BCUT2D eigenvalue weighted by Crippen LogP contribution is -2.25. The van der Waals surface area contributed by atoms with Crippen LogP contribution < -0.4 is 5.32 Å². The first-order chi connectivity index (χ1) is 14.4. The van der Waals surface area contributed by atoms with E-state index in [9.17, 15) is 14.4 Å². The van der Waals surface area contributed by atoms with E-state index in [0.717, 1.165) is 34.7 Å². The third kappa shape index (κ3) is 5.86. The average Bonchev–Trinajstić information content (AvgIpc) is 3.30. The number of fused-ring (bicyclic) bond motifs is 1. The van der Waals surface area contributed by atoms with Crippen molar-refractivity contribution in [3.63, 3.8) is 0 Å². The number of Topliss-reactive ketones (excluding diaryl/α,β-unsaturated/α-hetero) is 2. The molecule has 6 nitrogen and oxygen atoms in total. The van der Waals surface area contributed by atoms with Gasteiger partial charge in [0, 0.05) is 43.6 Å². The number of ketones is 2. The van der Waals surface area contributed by atoms with Crippen molar-refractivity contribution >= 4 is 39.8 Å². The van der Waals surface area contributed by atoms with Crippen LogP contribution in [-0.2, 0) is 16.1 Å². The normalized spacial score (nSPS) is 11.0. The van der Waals surface area contributed by atoms with Gasteiger partial charge in [0.2, 0.25) is 5.91 Å². The highest BCUT2D eigenvalue weighted by Crippen LogP contribution is 2.18. The van der Waals surface area contributed by atoms with Gasteiger partial charge in [-0.25, -0.2) is 4.98 Å². The minimum atomic E-state index is -0.129. The minimum Gasteiger partial charge on any atom is -0.356 e. The van der Waals surface area contributed by atoms with E-state index in [0.29, 0.717) is 11.4 Å². The lowest BCUT2D eigenvalue weighted by atomic mass is 10.1. The van der Waals surface area contributed by atoms with Crippen molar-refractivity contribution in [2.24, 2.45) is 0 Å². The van der Waals surface area contributed by atoms with Crippen LogP contribution in [0.25, 0.3) is 11.0 Å². The minimum absolute atomic E-state index is 0.00628. The Morgan fingerprint density at radius 3 is 2.53 bits per heavy atom. The molecule has 2 aromatic heterocycles. The number of rotatable bonds is 11. The molecule has 0 aliphatic heterocycles. The van der Waals surface area contributed by atoms with Crippen LogP contribution in [-0.4, -0.2) is 33.6 Å². The number of carbonyl (C=O) groups excluding carboxylic acids is 3. The summed E-state index contributed by atoms with van der Waals surface area (Å²) < 4.78 is 2.15. The lowest BCUT2D eigenvalue weighted by Gasteiger charge is -2.08. The van der Waals surface area contributed by atoms with Crippen LogP contribution in [0, 0.1) is 13.8 Å². The number of nitrogens with one attached hydrogen (secondary N) is 1. The lowest BCUT2D eigenvalue weighted by molar-refractivity contribution is -0.125. The second kappa shape index (κ2) is 10.3. The van der Waals surface area contributed by atoms with Crippen LogP contribution in [0.15, 0.2) is 36.4 Å². The van der Waals surface area contributed by atoms with Crippen molar-refractivity contribution in [3.8, 4) is 0 Å². The number of hydrogen-bond donors (Lipinski definition) is 1. The van der Waals surface area contributed by atoms with Crippen LogP contribution in [0.2, 0.25) is 0 Å². The quantitative estimate of drug-likeness (QED) is 0.368. The van der Waals surface area contributed by atoms with E-state index < -0.39 is 0 Å². The smallest absolute Gasteiger partial charge is 0.220 e. The van der Waals surface area contributed by atoms with Gasteiger partial charge in [-0.15, -0.1) is 11.3 Å². The predicted octanol–water partition coefficient (Wildman–Crippen LogP) is 4.23. The standard InChI is InChI=1S/C23H27N3O3S/c1-16-8-12-22(30-16)21(28)11-9-18(27)10-13-23(29)24-14-5-15-26-17(2)25-19-6-3-4-7-20(19)26/h3-4,6-8,12H,5,9-11,13-15H2,1-2H3,(H,24,29). The number of aryl methyl sites for hydroxylation is 3. The molecular weight excluding hydrogens is 398 g/mol. The summed E-state index contributed by atoms with van der Waals surface area (Å²) in [5, 5.41) is 2.87. The molecule has 0 saturated carbocycles. The van der Waals surface area contributed by atoms with Crippen LogP contribution >= 0.6 is 11.3 Å². The number of para-hydroxylation sites is 2. The summed E-state index contributed by atoms with van der Waals surface area (Å²) in [7, 11) is 0. The number of amides is 1. The van der Waals surface area contributed by atoms with Crippen molar-refractivity contribution in [3.05, 3.63) is 52.0 Å². The molecular formula is C23H27N3O3S. The third-order valence-corrected chi connectivity index (χ3v) is 6.04. The zero-order valence-electron chi connectivity index (χ0n) is 17.4. The SMILES string of the molecule is Cc1ccc(C(=O)CCC(=O)CCC(=O)NCCCn2c(C)nc3ccccc32)s1. The Morgan fingerprint density at radius 1 is 1.00 bits per heavy atom. The molecule has 0 aliphatic rings. The Balaban J connectivity index is 1.32. The molecule has 1 aromatic carbocycles. The van der Waals surface area contributed by atoms with Crippen LogP contribution in [0.3, 0.4) is 0 Å². The van der Waals surface area contributed by atoms with Crippen molar-refractivity contribution in [2.75, 3.05) is 6.54 Å². The van der Waals surface area contributed by atoms with Gasteiger partial charge in [-0.2, -0.15) is 0 Å². The van der Waals surface area contributed by atoms with E-state index in [-0.39, 0.29) is 43.2 Å². The maximum Gasteiger partial charge on any atom is 0.220 e. The molecule has 0 spiro atoms. The summed E-state index contributed by atoms with van der Waals surface area (Å²) in [5.74, 6) is 0.775. The fourth-order valence-corrected chi connectivity index (χ4v) is 4.20. The molecule has 0 bridgehead atoms. The van der Waals surface area contributed by atoms with Gasteiger partial charge < -0.3 is 9.88 Å². The van der Waals surface area contributed by atoms with E-state index in [2.05, 4.69) is 14.9 Å². The van der Waals surface area contributed by atoms with Crippen LogP contribution in [0.1, 0.15) is 52.5 Å². The Morgan fingerprint density at radius 2 is 1.77 bits per heavy atom. The molecule has 0 saturated heterocycles. The molecule has 0 fully saturated rings. The number of aromatic nitrogens is 2. The monoisotopic (exact) mass is 425 g/mol. The first-order valence-electron chi connectivity index (χ1n) is 10.2. The number of thiophene rings is 1. The van der Waals surface area contributed by atoms with Crippen LogP contribution in [0.4, 0.5) is 0 Å². The maximum absolute atomic E-state index is 12.1. The molecule has 1 amide bonds. The summed E-state index contributed by atoms with van der Waals surface area (Å²) in [6, 6.07) is 11.7. The Bertz CT molecular complexity index is 1050. The molecule has 0 aliphatic carbocycles. The molecule has 2 heterocycles. The van der Waals surface area contributed by atoms with Crippen molar-refractivity contribution in [1.82, 2.24) is 14.9 Å². The average molecular weight is 426 g/mol. The topological polar surface area (TPSA) is 81.1 Å². The second-order valence-corrected chi connectivity index (χ2v) is 8.66. The highest BCUT2D eigenvalue weighted by atomic mass is 32.1. The fraction of sp³-hybridized carbons (Fsp3) is 0.391. The van der Waals surface area contributed by atoms with Crippen LogP contribution in [0.5, 0.6) is 0 Å². The van der Waals surface area contributed by atoms with E-state index in [1.807, 2.05) is 44.2 Å². The van der Waals surface area contributed by atoms with E-state index in [1.54, 1.807) is 6.07 Å². The summed E-state index contributed by atoms with van der Waals surface area (Å²) >= 11 is 1.45. The van der Waals surface area contributed by atoms with Gasteiger partial charge in [-0.3, -0.25) is 14.4 Å². The number of nitrogens with zero attached hydrogens (tertiary/aromatic N) is 2. The fourth-order valence-electron chi connectivity index (χ4n) is 3.37. The molecule has 7 heteroatoms. The molecule has 0 radical (unpaired) electrons. The largest absolute Gasteiger partial charge is 0.356 e. The maximum atomic E-state index is 12.1. The molecule has 3 rings (SSSR count). The summed E-state index contributed by atoms with van der Waals surface area (Å²) in [6.45, 7) is 5.25. The number of imidazole rings is 1. The van der Waals surface area contributed by atoms with Gasteiger partial charge in [0.25, 0.3) is 0 Å². The number of hydrogen-bond acceptors (Lipinski definition) is 5. The van der Waals surface area contributed by atoms with Gasteiger partial charge in [0.15, 0.2) is 5.78 Å². The molecule has 158 valence electrons. The molecule has 3 aromatic rings. The summed E-state index contributed by atoms with van der Waals surface area (Å²) in [6.07, 6.45) is 1.52. The van der Waals surface area contributed by atoms with Crippen molar-refractivity contribution in [2.45, 2.75) is 52.5 Å². The predicted molar refractivity (Wildman–Crippen MR) is 119 cm³/mol. The molecule has 1 N–H and O–H groups in total. The van der Waals surface area contributed by atoms with Crippen molar-refractivity contribution in [1.29, 1.82) is 0 Å². The van der Waals surface area contributed by atoms with Gasteiger partial charge in [0.05, 0.1) is 15.9 Å². The van der Waals surface area contributed by atoms with Gasteiger partial charge >= 0.3 is 0 Å². The van der Waals surface area contributed by atoms with Gasteiger partial charge in [-0.05, 0) is 44.5 Å². The first kappa shape index (κ1) is 21.9. The highest BCUT2D eigenvalue weighted by molar-refractivity contribution is 7.14. The summed E-state index contributed by atoms with van der Waals surface area (Å²) in [5.41, 5.74) is 2.07. The zero-order valence-corrected chi connectivity index (χ0v) is 18.3. The summed E-state index contributed by atoms with van der Waals surface area (Å²) in [4.78, 5) is 42.4. The number of benzene rings is 1. The Kier molecular flexibility index (Phi) is 7.52. The van der Waals surface area contributed by atoms with Gasteiger partial charge in [-0.1, -0.05) is 12.1 Å². The first-order valence-corrected chi connectivity index (χ1v) is 11.1. The van der Waals surface area contributed by atoms with Gasteiger partial charge in [0.1, 0.15) is 11.6 Å². The third-order valence-electron chi connectivity index (χ3n) is 5.00. The highest BCUT2D eigenvalue weighted by Gasteiger charge is 2.12. The second-order valence-electron chi connectivity index (χ2n) is 7.38. The molecule has 30 heavy (non-hydrogen) atoms. The molecule has 0 atom stereocenters. The van der Waals surface area contributed by atoms with E-state index in [4.69, 9.17) is 0 Å². The number of carbonyl (C=O) groups is 3. The van der Waals surface area contributed by atoms with Crippen molar-refractivity contribution < 1.29 is 14.4 Å². The molecule has 0 unspecified atom stereocenters. The van der Waals surface area contributed by atoms with E-state index >= 15 is 0 Å².